The second-order valence-electron chi connectivity index (χ2n) is 6.05. The SMILES string of the molecule is COc1ccc(C(=O)N(CC2CC2)CC2CC2)cc1N. The Morgan fingerprint density at radius 1 is 1.25 bits per heavy atom. The summed E-state index contributed by atoms with van der Waals surface area (Å²) in [6, 6.07) is 5.31. The quantitative estimate of drug-likeness (QED) is 0.811. The first kappa shape index (κ1) is 13.3. The molecule has 1 amide bonds. The Bertz CT molecular complexity index is 493. The van der Waals surface area contributed by atoms with Crippen molar-refractivity contribution in [1.29, 1.82) is 0 Å². The number of carbonyl (C=O) groups excluding carboxylic acids is 1. The first-order valence-corrected chi connectivity index (χ1v) is 7.40. The minimum Gasteiger partial charge on any atom is -0.495 e. The van der Waals surface area contributed by atoms with E-state index in [2.05, 4.69) is 0 Å². The molecule has 108 valence electrons. The van der Waals surface area contributed by atoms with E-state index in [1.165, 1.54) is 25.7 Å². The predicted molar refractivity (Wildman–Crippen MR) is 78.8 cm³/mol. The molecule has 0 spiro atoms. The zero-order valence-corrected chi connectivity index (χ0v) is 12.0. The van der Waals surface area contributed by atoms with Crippen LogP contribution in [0.15, 0.2) is 18.2 Å². The van der Waals surface area contributed by atoms with E-state index in [9.17, 15) is 4.79 Å². The van der Waals surface area contributed by atoms with Crippen molar-refractivity contribution in [2.75, 3.05) is 25.9 Å². The van der Waals surface area contributed by atoms with E-state index in [1.54, 1.807) is 19.2 Å². The van der Waals surface area contributed by atoms with E-state index in [4.69, 9.17) is 10.5 Å². The lowest BCUT2D eigenvalue weighted by atomic mass is 10.1. The number of benzene rings is 1. The standard InChI is InChI=1S/C16H22N2O2/c1-20-15-7-6-13(8-14(15)17)16(19)18(9-11-2-3-11)10-12-4-5-12/h6-8,11-12H,2-5,9-10,17H2,1H3. The molecule has 2 fully saturated rings. The maximum absolute atomic E-state index is 12.7. The van der Waals surface area contributed by atoms with Crippen LogP contribution in [0, 0.1) is 11.8 Å². The van der Waals surface area contributed by atoms with Gasteiger partial charge in [-0.25, -0.2) is 0 Å². The molecule has 1 aromatic carbocycles. The molecule has 0 unspecified atom stereocenters. The summed E-state index contributed by atoms with van der Waals surface area (Å²) in [5, 5.41) is 0. The third-order valence-electron chi connectivity index (χ3n) is 4.11. The van der Waals surface area contributed by atoms with Gasteiger partial charge < -0.3 is 15.4 Å². The number of ether oxygens (including phenoxy) is 1. The van der Waals surface area contributed by atoms with Crippen molar-refractivity contribution < 1.29 is 9.53 Å². The molecule has 4 heteroatoms. The van der Waals surface area contributed by atoms with Crippen LogP contribution in [0.2, 0.25) is 0 Å². The van der Waals surface area contributed by atoms with E-state index >= 15 is 0 Å². The Morgan fingerprint density at radius 2 is 1.85 bits per heavy atom. The Hall–Kier alpha value is -1.71. The second-order valence-corrected chi connectivity index (χ2v) is 6.05. The van der Waals surface area contributed by atoms with Gasteiger partial charge in [0.25, 0.3) is 5.91 Å². The average molecular weight is 274 g/mol. The first-order valence-electron chi connectivity index (χ1n) is 7.40. The summed E-state index contributed by atoms with van der Waals surface area (Å²) in [5.41, 5.74) is 7.10. The molecule has 3 rings (SSSR count). The number of carbonyl (C=O) groups is 1. The van der Waals surface area contributed by atoms with Crippen LogP contribution in [-0.2, 0) is 0 Å². The molecule has 2 aliphatic carbocycles. The van der Waals surface area contributed by atoms with Crippen molar-refractivity contribution in [3.05, 3.63) is 23.8 Å². The average Bonchev–Trinajstić information content (AvgIpc) is 3.32. The van der Waals surface area contributed by atoms with Gasteiger partial charge in [-0.05, 0) is 55.7 Å². The maximum atomic E-state index is 12.7. The van der Waals surface area contributed by atoms with Gasteiger partial charge in [-0.15, -0.1) is 0 Å². The molecule has 0 radical (unpaired) electrons. The summed E-state index contributed by atoms with van der Waals surface area (Å²) in [6.07, 6.45) is 5.05. The fourth-order valence-electron chi connectivity index (χ4n) is 2.51. The largest absolute Gasteiger partial charge is 0.495 e. The molecule has 0 atom stereocenters. The van der Waals surface area contributed by atoms with E-state index in [-0.39, 0.29) is 5.91 Å². The Balaban J connectivity index is 1.74. The number of anilines is 1. The Morgan fingerprint density at radius 3 is 2.30 bits per heavy atom. The van der Waals surface area contributed by atoms with Gasteiger partial charge >= 0.3 is 0 Å². The van der Waals surface area contributed by atoms with Crippen LogP contribution in [0.25, 0.3) is 0 Å². The third kappa shape index (κ3) is 3.06. The van der Waals surface area contributed by atoms with Gasteiger partial charge in [0.1, 0.15) is 5.75 Å². The molecule has 1 aromatic rings. The molecule has 2 N–H and O–H groups in total. The molecular weight excluding hydrogens is 252 g/mol. The van der Waals surface area contributed by atoms with Crippen LogP contribution < -0.4 is 10.5 Å². The highest BCUT2D eigenvalue weighted by Gasteiger charge is 2.31. The number of nitrogens with zero attached hydrogens (tertiary/aromatic N) is 1. The van der Waals surface area contributed by atoms with E-state index < -0.39 is 0 Å². The van der Waals surface area contributed by atoms with Gasteiger partial charge in [0, 0.05) is 18.7 Å². The molecule has 2 saturated carbocycles. The highest BCUT2D eigenvalue weighted by molar-refractivity contribution is 5.95. The number of hydrogen-bond donors (Lipinski definition) is 1. The number of hydrogen-bond acceptors (Lipinski definition) is 3. The predicted octanol–water partition coefficient (Wildman–Crippen LogP) is 2.54. The maximum Gasteiger partial charge on any atom is 0.253 e. The lowest BCUT2D eigenvalue weighted by Crippen LogP contribution is -2.34. The molecule has 0 aromatic heterocycles. The normalized spacial score (nSPS) is 17.9. The fourth-order valence-corrected chi connectivity index (χ4v) is 2.51. The third-order valence-corrected chi connectivity index (χ3v) is 4.11. The van der Waals surface area contributed by atoms with Gasteiger partial charge in [0.05, 0.1) is 12.8 Å². The van der Waals surface area contributed by atoms with Gasteiger partial charge in [-0.2, -0.15) is 0 Å². The summed E-state index contributed by atoms with van der Waals surface area (Å²) in [5.74, 6) is 2.16. The van der Waals surface area contributed by atoms with Crippen molar-refractivity contribution in [3.8, 4) is 5.75 Å². The summed E-state index contributed by atoms with van der Waals surface area (Å²) < 4.78 is 5.14. The molecule has 20 heavy (non-hydrogen) atoms. The van der Waals surface area contributed by atoms with Gasteiger partial charge in [-0.3, -0.25) is 4.79 Å². The minimum absolute atomic E-state index is 0.109. The van der Waals surface area contributed by atoms with Crippen LogP contribution in [-0.4, -0.2) is 31.0 Å². The highest BCUT2D eigenvalue weighted by Crippen LogP contribution is 2.34. The van der Waals surface area contributed by atoms with Crippen LogP contribution in [0.3, 0.4) is 0 Å². The first-order chi connectivity index (χ1) is 9.67. The zero-order chi connectivity index (χ0) is 14.1. The number of amides is 1. The lowest BCUT2D eigenvalue weighted by Gasteiger charge is -2.23. The van der Waals surface area contributed by atoms with Crippen molar-refractivity contribution in [2.24, 2.45) is 11.8 Å². The number of nitrogens with two attached hydrogens (primary N) is 1. The van der Waals surface area contributed by atoms with Crippen molar-refractivity contribution in [1.82, 2.24) is 4.90 Å². The summed E-state index contributed by atoms with van der Waals surface area (Å²) >= 11 is 0. The van der Waals surface area contributed by atoms with Crippen LogP contribution in [0.4, 0.5) is 5.69 Å². The van der Waals surface area contributed by atoms with Gasteiger partial charge in [0.2, 0.25) is 0 Å². The van der Waals surface area contributed by atoms with Crippen molar-refractivity contribution >= 4 is 11.6 Å². The van der Waals surface area contributed by atoms with Gasteiger partial charge in [-0.1, -0.05) is 0 Å². The van der Waals surface area contributed by atoms with Crippen molar-refractivity contribution in [2.45, 2.75) is 25.7 Å². The second kappa shape index (κ2) is 5.35. The topological polar surface area (TPSA) is 55.6 Å². The molecular formula is C16H22N2O2. The van der Waals surface area contributed by atoms with Crippen molar-refractivity contribution in [3.63, 3.8) is 0 Å². The molecule has 0 aliphatic heterocycles. The monoisotopic (exact) mass is 274 g/mol. The Labute approximate surface area is 119 Å². The fraction of sp³-hybridized carbons (Fsp3) is 0.562. The molecule has 2 aliphatic rings. The minimum atomic E-state index is 0.109. The van der Waals surface area contributed by atoms with E-state index in [0.717, 1.165) is 13.1 Å². The highest BCUT2D eigenvalue weighted by atomic mass is 16.5. The summed E-state index contributed by atoms with van der Waals surface area (Å²) in [4.78, 5) is 14.7. The van der Waals surface area contributed by atoms with Crippen LogP contribution in [0.5, 0.6) is 5.75 Å². The zero-order valence-electron chi connectivity index (χ0n) is 12.0. The molecule has 0 bridgehead atoms. The lowest BCUT2D eigenvalue weighted by molar-refractivity contribution is 0.0739. The number of rotatable bonds is 6. The smallest absolute Gasteiger partial charge is 0.253 e. The Kier molecular flexibility index (Phi) is 3.55. The van der Waals surface area contributed by atoms with E-state index in [1.807, 2.05) is 11.0 Å². The summed E-state index contributed by atoms with van der Waals surface area (Å²) in [7, 11) is 1.58. The van der Waals surface area contributed by atoms with Gasteiger partial charge in [0.15, 0.2) is 0 Å². The number of methoxy groups -OCH3 is 1. The summed E-state index contributed by atoms with van der Waals surface area (Å²) in [6.45, 7) is 1.81. The molecule has 0 saturated heterocycles. The number of nitrogen functional groups attached to an aromatic ring is 1. The van der Waals surface area contributed by atoms with E-state index in [0.29, 0.717) is 28.8 Å². The van der Waals surface area contributed by atoms with Crippen LogP contribution >= 0.6 is 0 Å². The molecule has 0 heterocycles. The van der Waals surface area contributed by atoms with Crippen LogP contribution in [0.1, 0.15) is 36.0 Å². The molecule has 4 nitrogen and oxygen atoms in total.